The minimum Gasteiger partial charge on any atom is -0.481 e. The van der Waals surface area contributed by atoms with Gasteiger partial charge in [0.05, 0.1) is 5.92 Å². The Labute approximate surface area is 67.2 Å². The third-order valence-electron chi connectivity index (χ3n) is 1.68. The molecule has 11 heavy (non-hydrogen) atoms. The first kappa shape index (κ1) is 9.95. The van der Waals surface area contributed by atoms with E-state index in [0.717, 1.165) is 5.57 Å². The van der Waals surface area contributed by atoms with Crippen molar-refractivity contribution in [3.05, 3.63) is 24.3 Å². The monoisotopic (exact) mass is 154 g/mol. The molecule has 1 atom stereocenters. The van der Waals surface area contributed by atoms with Crippen molar-refractivity contribution >= 4 is 5.97 Å². The molecule has 0 heterocycles. The molecule has 0 aromatic rings. The summed E-state index contributed by atoms with van der Waals surface area (Å²) in [5.41, 5.74) is 0.910. The number of hydrogen-bond acceptors (Lipinski definition) is 1. The SMILES string of the molecule is C=CCC(=CC)C(C)C(=O)O. The fourth-order valence-corrected chi connectivity index (χ4v) is 0.870. The van der Waals surface area contributed by atoms with Crippen LogP contribution in [0, 0.1) is 5.92 Å². The second kappa shape index (κ2) is 4.72. The van der Waals surface area contributed by atoms with Crippen LogP contribution in [-0.4, -0.2) is 11.1 Å². The highest BCUT2D eigenvalue weighted by Crippen LogP contribution is 2.14. The van der Waals surface area contributed by atoms with Gasteiger partial charge in [0.25, 0.3) is 0 Å². The summed E-state index contributed by atoms with van der Waals surface area (Å²) in [6, 6.07) is 0. The van der Waals surface area contributed by atoms with Crippen LogP contribution in [-0.2, 0) is 4.79 Å². The summed E-state index contributed by atoms with van der Waals surface area (Å²) in [7, 11) is 0. The van der Waals surface area contributed by atoms with Crippen molar-refractivity contribution in [3.8, 4) is 0 Å². The van der Waals surface area contributed by atoms with Crippen LogP contribution in [0.15, 0.2) is 24.3 Å². The van der Waals surface area contributed by atoms with Gasteiger partial charge in [-0.05, 0) is 20.3 Å². The average Bonchev–Trinajstić information content (AvgIpc) is 1.98. The van der Waals surface area contributed by atoms with E-state index in [1.54, 1.807) is 13.0 Å². The number of allylic oxidation sites excluding steroid dienone is 2. The summed E-state index contributed by atoms with van der Waals surface area (Å²) < 4.78 is 0. The highest BCUT2D eigenvalue weighted by molar-refractivity contribution is 5.73. The van der Waals surface area contributed by atoms with E-state index < -0.39 is 11.9 Å². The van der Waals surface area contributed by atoms with E-state index in [4.69, 9.17) is 5.11 Å². The molecule has 0 aliphatic rings. The maximum Gasteiger partial charge on any atom is 0.310 e. The Kier molecular flexibility index (Phi) is 4.27. The number of carbonyl (C=O) groups is 1. The Balaban J connectivity index is 4.26. The lowest BCUT2D eigenvalue weighted by atomic mass is 9.98. The smallest absolute Gasteiger partial charge is 0.310 e. The zero-order valence-corrected chi connectivity index (χ0v) is 7.00. The van der Waals surface area contributed by atoms with E-state index in [1.165, 1.54) is 0 Å². The molecule has 2 nitrogen and oxygen atoms in total. The van der Waals surface area contributed by atoms with Crippen molar-refractivity contribution in [1.29, 1.82) is 0 Å². The molecule has 0 bridgehead atoms. The molecule has 0 aromatic carbocycles. The summed E-state index contributed by atoms with van der Waals surface area (Å²) in [6.45, 7) is 7.08. The van der Waals surface area contributed by atoms with E-state index in [2.05, 4.69) is 6.58 Å². The molecule has 0 aromatic heterocycles. The van der Waals surface area contributed by atoms with Gasteiger partial charge in [-0.3, -0.25) is 4.79 Å². The standard InChI is InChI=1S/C9H14O2/c1-4-6-8(5-2)7(3)9(10)11/h4-5,7H,1,6H2,2-3H3,(H,10,11). The normalized spacial score (nSPS) is 14.2. The van der Waals surface area contributed by atoms with Crippen LogP contribution >= 0.6 is 0 Å². The van der Waals surface area contributed by atoms with Crippen molar-refractivity contribution in [2.75, 3.05) is 0 Å². The number of carboxylic acid groups (broad SMARTS) is 1. The van der Waals surface area contributed by atoms with E-state index >= 15 is 0 Å². The van der Waals surface area contributed by atoms with Crippen molar-refractivity contribution < 1.29 is 9.90 Å². The second-order valence-electron chi connectivity index (χ2n) is 2.42. The zero-order chi connectivity index (χ0) is 8.85. The molecule has 0 rings (SSSR count). The molecule has 0 saturated carbocycles. The largest absolute Gasteiger partial charge is 0.481 e. The number of hydrogen-bond donors (Lipinski definition) is 1. The quantitative estimate of drug-likeness (QED) is 0.630. The Bertz CT molecular complexity index is 180. The van der Waals surface area contributed by atoms with Crippen LogP contribution in [0.1, 0.15) is 20.3 Å². The molecule has 0 aliphatic heterocycles. The van der Waals surface area contributed by atoms with Gasteiger partial charge in [0.2, 0.25) is 0 Å². The van der Waals surface area contributed by atoms with Crippen molar-refractivity contribution in [1.82, 2.24) is 0 Å². The molecule has 0 aliphatic carbocycles. The predicted octanol–water partition coefficient (Wildman–Crippen LogP) is 2.23. The van der Waals surface area contributed by atoms with Crippen LogP contribution in [0.2, 0.25) is 0 Å². The van der Waals surface area contributed by atoms with Crippen molar-refractivity contribution in [2.45, 2.75) is 20.3 Å². The van der Waals surface area contributed by atoms with Gasteiger partial charge in [-0.2, -0.15) is 0 Å². The lowest BCUT2D eigenvalue weighted by Gasteiger charge is -2.08. The second-order valence-corrected chi connectivity index (χ2v) is 2.42. The van der Waals surface area contributed by atoms with Crippen LogP contribution in [0.5, 0.6) is 0 Å². The summed E-state index contributed by atoms with van der Waals surface area (Å²) in [5.74, 6) is -1.17. The van der Waals surface area contributed by atoms with Gasteiger partial charge in [0.1, 0.15) is 0 Å². The van der Waals surface area contributed by atoms with Crippen molar-refractivity contribution in [2.24, 2.45) is 5.92 Å². The van der Waals surface area contributed by atoms with E-state index in [1.807, 2.05) is 13.0 Å². The summed E-state index contributed by atoms with van der Waals surface area (Å²) in [5, 5.41) is 8.64. The van der Waals surface area contributed by atoms with Crippen LogP contribution < -0.4 is 0 Å². The molecule has 62 valence electrons. The van der Waals surface area contributed by atoms with E-state index in [0.29, 0.717) is 6.42 Å². The number of rotatable bonds is 4. The van der Waals surface area contributed by atoms with Gasteiger partial charge < -0.3 is 5.11 Å². The molecule has 1 N–H and O–H groups in total. The Morgan fingerprint density at radius 2 is 2.27 bits per heavy atom. The van der Waals surface area contributed by atoms with E-state index in [9.17, 15) is 4.79 Å². The first-order valence-electron chi connectivity index (χ1n) is 3.62. The molecule has 2 heteroatoms. The molecule has 0 fully saturated rings. The van der Waals surface area contributed by atoms with Crippen molar-refractivity contribution in [3.63, 3.8) is 0 Å². The minimum absolute atomic E-state index is 0.391. The molecular weight excluding hydrogens is 140 g/mol. The van der Waals surface area contributed by atoms with Crippen LogP contribution in [0.25, 0.3) is 0 Å². The molecule has 0 amide bonds. The topological polar surface area (TPSA) is 37.3 Å². The molecule has 0 spiro atoms. The Hall–Kier alpha value is -1.05. The van der Waals surface area contributed by atoms with Gasteiger partial charge >= 0.3 is 5.97 Å². The van der Waals surface area contributed by atoms with Gasteiger partial charge in [-0.1, -0.05) is 17.7 Å². The third-order valence-corrected chi connectivity index (χ3v) is 1.68. The minimum atomic E-state index is -0.778. The maximum atomic E-state index is 10.5. The first-order chi connectivity index (χ1) is 5.13. The highest BCUT2D eigenvalue weighted by Gasteiger charge is 2.13. The number of aliphatic carboxylic acids is 1. The van der Waals surface area contributed by atoms with Crippen LogP contribution in [0.4, 0.5) is 0 Å². The maximum absolute atomic E-state index is 10.5. The average molecular weight is 154 g/mol. The summed E-state index contributed by atoms with van der Waals surface area (Å²) in [4.78, 5) is 10.5. The first-order valence-corrected chi connectivity index (χ1v) is 3.62. The fourth-order valence-electron chi connectivity index (χ4n) is 0.870. The molecule has 0 radical (unpaired) electrons. The van der Waals surface area contributed by atoms with Gasteiger partial charge in [0.15, 0.2) is 0 Å². The molecule has 1 unspecified atom stereocenters. The lowest BCUT2D eigenvalue weighted by Crippen LogP contribution is -2.11. The number of carboxylic acids is 1. The van der Waals surface area contributed by atoms with Gasteiger partial charge in [-0.25, -0.2) is 0 Å². The summed E-state index contributed by atoms with van der Waals surface area (Å²) >= 11 is 0. The Morgan fingerprint density at radius 3 is 2.55 bits per heavy atom. The van der Waals surface area contributed by atoms with Gasteiger partial charge in [0, 0.05) is 0 Å². The van der Waals surface area contributed by atoms with Crippen LogP contribution in [0.3, 0.4) is 0 Å². The Morgan fingerprint density at radius 1 is 1.73 bits per heavy atom. The predicted molar refractivity (Wildman–Crippen MR) is 45.4 cm³/mol. The third kappa shape index (κ3) is 3.03. The van der Waals surface area contributed by atoms with Gasteiger partial charge in [-0.15, -0.1) is 6.58 Å². The zero-order valence-electron chi connectivity index (χ0n) is 7.00. The van der Waals surface area contributed by atoms with E-state index in [-0.39, 0.29) is 0 Å². The fraction of sp³-hybridized carbons (Fsp3) is 0.444. The highest BCUT2D eigenvalue weighted by atomic mass is 16.4. The molecular formula is C9H14O2. The molecule has 0 saturated heterocycles. The lowest BCUT2D eigenvalue weighted by molar-refractivity contribution is -0.139. The summed E-state index contributed by atoms with van der Waals surface area (Å²) in [6.07, 6.45) is 4.21.